The Balaban J connectivity index is 1.58. The third kappa shape index (κ3) is 6.26. The number of hydrogen-bond acceptors (Lipinski definition) is 7. The molecule has 0 bridgehead atoms. The van der Waals surface area contributed by atoms with Crippen LogP contribution < -0.4 is 19.7 Å². The molecule has 3 aromatic carbocycles. The van der Waals surface area contributed by atoms with Gasteiger partial charge in [-0.2, -0.15) is 0 Å². The van der Waals surface area contributed by atoms with Crippen LogP contribution in [0.5, 0.6) is 17.2 Å². The second-order valence-corrected chi connectivity index (χ2v) is 10.1. The van der Waals surface area contributed by atoms with E-state index in [-0.39, 0.29) is 35.9 Å². The lowest BCUT2D eigenvalue weighted by molar-refractivity contribution is -0.127. The quantitative estimate of drug-likeness (QED) is 0.288. The van der Waals surface area contributed by atoms with Crippen LogP contribution in [0.15, 0.2) is 66.7 Å². The number of amides is 2. The van der Waals surface area contributed by atoms with E-state index in [2.05, 4.69) is 15.6 Å². The first-order valence-electron chi connectivity index (χ1n) is 14.0. The van der Waals surface area contributed by atoms with E-state index in [9.17, 15) is 14.7 Å². The SMILES string of the molecule is CCOc1ccc(N(C(=O)Cn2nnc3ccccc32)[C@@H](C(=O)NC2CCCCC2)c2ccc(OC)c(O)c2)cc1. The van der Waals surface area contributed by atoms with Gasteiger partial charge >= 0.3 is 0 Å². The third-order valence-electron chi connectivity index (χ3n) is 7.38. The Hall–Kier alpha value is -4.60. The van der Waals surface area contributed by atoms with Crippen molar-refractivity contribution in [3.05, 3.63) is 72.3 Å². The summed E-state index contributed by atoms with van der Waals surface area (Å²) < 4.78 is 12.4. The first-order valence-corrected chi connectivity index (χ1v) is 14.0. The van der Waals surface area contributed by atoms with Gasteiger partial charge in [0.1, 0.15) is 23.9 Å². The molecule has 41 heavy (non-hydrogen) atoms. The van der Waals surface area contributed by atoms with Crippen molar-refractivity contribution in [2.45, 2.75) is 57.7 Å². The Morgan fingerprint density at radius 1 is 1.07 bits per heavy atom. The number of phenolic OH excluding ortho intramolecular Hbond substituents is 1. The second-order valence-electron chi connectivity index (χ2n) is 10.1. The van der Waals surface area contributed by atoms with Gasteiger partial charge in [0.05, 0.1) is 19.2 Å². The van der Waals surface area contributed by atoms with E-state index < -0.39 is 6.04 Å². The number of carbonyl (C=O) groups is 2. The molecular weight excluding hydrogens is 522 g/mol. The van der Waals surface area contributed by atoms with Crippen molar-refractivity contribution in [3.8, 4) is 17.2 Å². The number of benzene rings is 3. The Morgan fingerprint density at radius 2 is 1.83 bits per heavy atom. The fourth-order valence-electron chi connectivity index (χ4n) is 5.37. The number of aromatic nitrogens is 3. The minimum atomic E-state index is -1.08. The molecule has 10 nitrogen and oxygen atoms in total. The maximum atomic E-state index is 14.2. The number of aromatic hydroxyl groups is 1. The molecule has 0 saturated heterocycles. The van der Waals surface area contributed by atoms with Gasteiger partial charge in [-0.1, -0.05) is 42.7 Å². The number of nitrogens with one attached hydrogen (secondary N) is 1. The lowest BCUT2D eigenvalue weighted by atomic mass is 9.94. The second kappa shape index (κ2) is 12.7. The highest BCUT2D eigenvalue weighted by molar-refractivity contribution is 6.01. The van der Waals surface area contributed by atoms with E-state index in [1.807, 2.05) is 31.2 Å². The maximum Gasteiger partial charge on any atom is 0.249 e. The van der Waals surface area contributed by atoms with E-state index in [0.29, 0.717) is 34.6 Å². The summed E-state index contributed by atoms with van der Waals surface area (Å²) in [4.78, 5) is 29.8. The third-order valence-corrected chi connectivity index (χ3v) is 7.38. The van der Waals surface area contributed by atoms with Crippen LogP contribution in [0.4, 0.5) is 5.69 Å². The summed E-state index contributed by atoms with van der Waals surface area (Å²) >= 11 is 0. The van der Waals surface area contributed by atoms with Crippen molar-refractivity contribution >= 4 is 28.5 Å². The molecule has 1 atom stereocenters. The van der Waals surface area contributed by atoms with E-state index in [1.165, 1.54) is 22.8 Å². The van der Waals surface area contributed by atoms with Crippen LogP contribution in [0.3, 0.4) is 0 Å². The van der Waals surface area contributed by atoms with Gasteiger partial charge in [0, 0.05) is 11.7 Å². The number of hydrogen-bond donors (Lipinski definition) is 2. The standard InChI is InChI=1S/C31H35N5O5/c1-3-41-24-16-14-23(15-17-24)36(29(38)20-35-26-12-8-7-11-25(26)33-34-35)30(21-13-18-28(40-2)27(37)19-21)31(39)32-22-9-5-4-6-10-22/h7-8,11-19,22,30,37H,3-6,9-10,20H2,1-2H3,(H,32,39)/t30-/m1/s1. The van der Waals surface area contributed by atoms with Gasteiger partial charge in [-0.15, -0.1) is 5.10 Å². The summed E-state index contributed by atoms with van der Waals surface area (Å²) in [7, 11) is 1.46. The van der Waals surface area contributed by atoms with Crippen molar-refractivity contribution in [1.29, 1.82) is 0 Å². The predicted octanol–water partition coefficient (Wildman–Crippen LogP) is 4.77. The Bertz CT molecular complexity index is 1500. The van der Waals surface area contributed by atoms with E-state index >= 15 is 0 Å². The van der Waals surface area contributed by atoms with Crippen LogP contribution in [-0.4, -0.2) is 51.7 Å². The molecule has 4 aromatic rings. The predicted molar refractivity (Wildman–Crippen MR) is 155 cm³/mol. The van der Waals surface area contributed by atoms with Gasteiger partial charge in [-0.05, 0) is 73.9 Å². The average Bonchev–Trinajstić information content (AvgIpc) is 3.39. The van der Waals surface area contributed by atoms with Crippen LogP contribution >= 0.6 is 0 Å². The van der Waals surface area contributed by atoms with Gasteiger partial charge in [-0.3, -0.25) is 14.5 Å². The van der Waals surface area contributed by atoms with Crippen LogP contribution in [0.1, 0.15) is 50.6 Å². The number of phenols is 1. The van der Waals surface area contributed by atoms with E-state index in [4.69, 9.17) is 9.47 Å². The molecule has 1 aliphatic rings. The lowest BCUT2D eigenvalue weighted by Crippen LogP contribution is -2.48. The maximum absolute atomic E-state index is 14.2. The lowest BCUT2D eigenvalue weighted by Gasteiger charge is -2.33. The molecular formula is C31H35N5O5. The average molecular weight is 558 g/mol. The monoisotopic (exact) mass is 557 g/mol. The summed E-state index contributed by atoms with van der Waals surface area (Å²) in [6, 6.07) is 18.2. The zero-order chi connectivity index (χ0) is 28.8. The Morgan fingerprint density at radius 3 is 2.54 bits per heavy atom. The summed E-state index contributed by atoms with van der Waals surface area (Å²) in [6.07, 6.45) is 4.99. The molecule has 0 radical (unpaired) electrons. The fraction of sp³-hybridized carbons (Fsp3) is 0.355. The molecule has 1 saturated carbocycles. The number of para-hydroxylation sites is 1. The number of nitrogens with zero attached hydrogens (tertiary/aromatic N) is 4. The Kier molecular flexibility index (Phi) is 8.67. The highest BCUT2D eigenvalue weighted by Gasteiger charge is 2.35. The molecule has 2 amide bonds. The molecule has 5 rings (SSSR count). The van der Waals surface area contributed by atoms with Gasteiger partial charge < -0.3 is 19.9 Å². The smallest absolute Gasteiger partial charge is 0.249 e. The summed E-state index contributed by atoms with van der Waals surface area (Å²) in [5, 5.41) is 22.2. The molecule has 10 heteroatoms. The number of ether oxygens (including phenoxy) is 2. The number of carbonyl (C=O) groups excluding carboxylic acids is 2. The topological polar surface area (TPSA) is 119 Å². The minimum Gasteiger partial charge on any atom is -0.504 e. The number of anilines is 1. The molecule has 1 aromatic heterocycles. The zero-order valence-electron chi connectivity index (χ0n) is 23.3. The van der Waals surface area contributed by atoms with Crippen LogP contribution in [-0.2, 0) is 16.1 Å². The van der Waals surface area contributed by atoms with E-state index in [1.54, 1.807) is 36.4 Å². The molecule has 0 spiro atoms. The number of methoxy groups -OCH3 is 1. The van der Waals surface area contributed by atoms with Crippen LogP contribution in [0.25, 0.3) is 11.0 Å². The molecule has 214 valence electrons. The molecule has 2 N–H and O–H groups in total. The van der Waals surface area contributed by atoms with Crippen LogP contribution in [0.2, 0.25) is 0 Å². The van der Waals surface area contributed by atoms with Crippen molar-refractivity contribution in [1.82, 2.24) is 20.3 Å². The summed E-state index contributed by atoms with van der Waals surface area (Å²) in [6.45, 7) is 2.25. The largest absolute Gasteiger partial charge is 0.504 e. The molecule has 0 unspecified atom stereocenters. The number of rotatable bonds is 10. The minimum absolute atomic E-state index is 0.0159. The zero-order valence-corrected chi connectivity index (χ0v) is 23.3. The van der Waals surface area contributed by atoms with Crippen molar-refractivity contribution in [2.75, 3.05) is 18.6 Å². The molecule has 0 aliphatic heterocycles. The first kappa shape index (κ1) is 27.9. The normalized spacial score (nSPS) is 14.4. The van der Waals surface area contributed by atoms with Crippen molar-refractivity contribution in [3.63, 3.8) is 0 Å². The first-order chi connectivity index (χ1) is 20.0. The highest BCUT2D eigenvalue weighted by atomic mass is 16.5. The van der Waals surface area contributed by atoms with Gasteiger partial charge in [0.2, 0.25) is 11.8 Å². The molecule has 1 heterocycles. The van der Waals surface area contributed by atoms with E-state index in [0.717, 1.165) is 32.1 Å². The molecule has 1 fully saturated rings. The molecule has 1 aliphatic carbocycles. The summed E-state index contributed by atoms with van der Waals surface area (Å²) in [5.74, 6) is 0.0994. The highest BCUT2D eigenvalue weighted by Crippen LogP contribution is 2.35. The van der Waals surface area contributed by atoms with Crippen LogP contribution in [0, 0.1) is 0 Å². The van der Waals surface area contributed by atoms with Crippen molar-refractivity contribution < 1.29 is 24.2 Å². The Labute approximate surface area is 238 Å². The summed E-state index contributed by atoms with van der Waals surface area (Å²) in [5.41, 5.74) is 2.32. The van der Waals surface area contributed by atoms with Gasteiger partial charge in [-0.25, -0.2) is 4.68 Å². The van der Waals surface area contributed by atoms with Gasteiger partial charge in [0.15, 0.2) is 11.5 Å². The van der Waals surface area contributed by atoms with Crippen molar-refractivity contribution in [2.24, 2.45) is 0 Å². The number of fused-ring (bicyclic) bond motifs is 1. The fourth-order valence-corrected chi connectivity index (χ4v) is 5.37. The van der Waals surface area contributed by atoms with Gasteiger partial charge in [0.25, 0.3) is 0 Å².